The lowest BCUT2D eigenvalue weighted by atomic mass is 10.1. The largest absolute Gasteiger partial charge is 0.506 e. The van der Waals surface area contributed by atoms with E-state index >= 15 is 0 Å². The van der Waals surface area contributed by atoms with E-state index in [1.165, 1.54) is 0 Å². The summed E-state index contributed by atoms with van der Waals surface area (Å²) in [6.45, 7) is 0. The third-order valence-corrected chi connectivity index (χ3v) is 4.32. The average Bonchev–Trinajstić information content (AvgIpc) is 3.05. The summed E-state index contributed by atoms with van der Waals surface area (Å²) in [6.07, 6.45) is 1.79. The lowest BCUT2D eigenvalue weighted by molar-refractivity contribution is 0.415. The Morgan fingerprint density at radius 3 is 2.50 bits per heavy atom. The highest BCUT2D eigenvalue weighted by Gasteiger charge is 2.12. The molecule has 0 fully saturated rings. The standard InChI is InChI=1S/C22H18N2O2/c1-26-16-11-12-19-17(13-16)18(14-23-20-9-5-6-10-21(20)25)22(24-19)15-7-3-2-4-8-15/h2-14,24-25H,1H3. The Morgan fingerprint density at radius 1 is 0.962 bits per heavy atom. The second-order valence-electron chi connectivity index (χ2n) is 5.94. The van der Waals surface area contributed by atoms with Gasteiger partial charge in [-0.1, -0.05) is 42.5 Å². The lowest BCUT2D eigenvalue weighted by Gasteiger charge is -2.02. The molecule has 2 N–H and O–H groups in total. The number of rotatable bonds is 4. The number of phenols is 1. The number of aliphatic imine (C=N–C) groups is 1. The maximum absolute atomic E-state index is 9.98. The first-order valence-corrected chi connectivity index (χ1v) is 8.33. The van der Waals surface area contributed by atoms with Gasteiger partial charge in [0.05, 0.1) is 12.8 Å². The lowest BCUT2D eigenvalue weighted by Crippen LogP contribution is -1.86. The van der Waals surface area contributed by atoms with Crippen molar-refractivity contribution in [1.29, 1.82) is 0 Å². The number of methoxy groups -OCH3 is 1. The second kappa shape index (κ2) is 6.76. The SMILES string of the molecule is COc1ccc2[nH]c(-c3ccccc3)c(C=Nc3ccccc3O)c2c1. The Hall–Kier alpha value is -3.53. The molecule has 3 aromatic carbocycles. The monoisotopic (exact) mass is 342 g/mol. The fourth-order valence-electron chi connectivity index (χ4n) is 2.99. The van der Waals surface area contributed by atoms with Crippen molar-refractivity contribution in [3.63, 3.8) is 0 Å². The van der Waals surface area contributed by atoms with Crippen LogP contribution in [0, 0.1) is 0 Å². The van der Waals surface area contributed by atoms with Gasteiger partial charge in [0.1, 0.15) is 17.2 Å². The van der Waals surface area contributed by atoms with Crippen LogP contribution in [-0.2, 0) is 0 Å². The van der Waals surface area contributed by atoms with Gasteiger partial charge in [0.2, 0.25) is 0 Å². The number of hydrogen-bond acceptors (Lipinski definition) is 3. The van der Waals surface area contributed by atoms with Gasteiger partial charge in [-0.3, -0.25) is 4.99 Å². The summed E-state index contributed by atoms with van der Waals surface area (Å²) in [7, 11) is 1.65. The van der Waals surface area contributed by atoms with Gasteiger partial charge in [-0.2, -0.15) is 0 Å². The summed E-state index contributed by atoms with van der Waals surface area (Å²) >= 11 is 0. The van der Waals surface area contributed by atoms with Crippen LogP contribution in [0.3, 0.4) is 0 Å². The molecule has 0 bridgehead atoms. The normalized spacial score (nSPS) is 11.3. The predicted octanol–water partition coefficient (Wildman–Crippen LogP) is 5.30. The summed E-state index contributed by atoms with van der Waals surface area (Å²) < 4.78 is 5.38. The van der Waals surface area contributed by atoms with Crippen LogP contribution >= 0.6 is 0 Å². The molecule has 0 radical (unpaired) electrons. The zero-order valence-corrected chi connectivity index (χ0v) is 14.3. The molecule has 4 nitrogen and oxygen atoms in total. The number of para-hydroxylation sites is 2. The molecule has 0 aliphatic carbocycles. The second-order valence-corrected chi connectivity index (χ2v) is 5.94. The maximum Gasteiger partial charge on any atom is 0.141 e. The number of aromatic nitrogens is 1. The number of H-pyrrole nitrogens is 1. The Balaban J connectivity index is 1.91. The molecule has 0 unspecified atom stereocenters. The van der Waals surface area contributed by atoms with Gasteiger partial charge in [-0.25, -0.2) is 0 Å². The highest BCUT2D eigenvalue weighted by atomic mass is 16.5. The highest BCUT2D eigenvalue weighted by molar-refractivity contribution is 6.07. The van der Waals surface area contributed by atoms with Gasteiger partial charge in [-0.05, 0) is 35.9 Å². The molecule has 0 aliphatic heterocycles. The zero-order chi connectivity index (χ0) is 17.9. The Bertz CT molecular complexity index is 1080. The van der Waals surface area contributed by atoms with E-state index in [2.05, 4.69) is 22.1 Å². The van der Waals surface area contributed by atoms with E-state index < -0.39 is 0 Å². The van der Waals surface area contributed by atoms with Gasteiger partial charge in [0, 0.05) is 22.7 Å². The van der Waals surface area contributed by atoms with Crippen molar-refractivity contribution in [2.24, 2.45) is 4.99 Å². The zero-order valence-electron chi connectivity index (χ0n) is 14.3. The molecule has 0 amide bonds. The number of phenolic OH excluding ortho intramolecular Hbond substituents is 1. The van der Waals surface area contributed by atoms with Crippen LogP contribution in [0.4, 0.5) is 5.69 Å². The van der Waals surface area contributed by atoms with Crippen molar-refractivity contribution in [3.8, 4) is 22.8 Å². The van der Waals surface area contributed by atoms with E-state index in [9.17, 15) is 5.11 Å². The maximum atomic E-state index is 9.98. The van der Waals surface area contributed by atoms with E-state index in [1.54, 1.807) is 31.5 Å². The van der Waals surface area contributed by atoms with Crippen LogP contribution in [0.1, 0.15) is 5.56 Å². The van der Waals surface area contributed by atoms with E-state index in [0.29, 0.717) is 5.69 Å². The fourth-order valence-corrected chi connectivity index (χ4v) is 2.99. The van der Waals surface area contributed by atoms with Crippen LogP contribution in [0.2, 0.25) is 0 Å². The quantitative estimate of drug-likeness (QED) is 0.494. The minimum Gasteiger partial charge on any atom is -0.506 e. The van der Waals surface area contributed by atoms with Gasteiger partial charge in [0.25, 0.3) is 0 Å². The molecule has 0 atom stereocenters. The smallest absolute Gasteiger partial charge is 0.141 e. The molecule has 1 heterocycles. The molecule has 0 saturated carbocycles. The molecule has 128 valence electrons. The van der Waals surface area contributed by atoms with Crippen molar-refractivity contribution in [2.75, 3.05) is 7.11 Å². The third kappa shape index (κ3) is 2.93. The summed E-state index contributed by atoms with van der Waals surface area (Å²) in [5, 5.41) is 11.0. The Morgan fingerprint density at radius 2 is 1.73 bits per heavy atom. The van der Waals surface area contributed by atoms with Crippen molar-refractivity contribution < 1.29 is 9.84 Å². The number of nitrogens with one attached hydrogen (secondary N) is 1. The van der Waals surface area contributed by atoms with Crippen molar-refractivity contribution in [3.05, 3.63) is 78.4 Å². The van der Waals surface area contributed by atoms with E-state index in [1.807, 2.05) is 42.5 Å². The van der Waals surface area contributed by atoms with Crippen LogP contribution in [-0.4, -0.2) is 23.4 Å². The summed E-state index contributed by atoms with van der Waals surface area (Å²) in [5.41, 5.74) is 4.54. The molecule has 4 heteroatoms. The molecule has 4 aromatic rings. The Labute approximate surface area is 151 Å². The molecule has 26 heavy (non-hydrogen) atoms. The van der Waals surface area contributed by atoms with Gasteiger partial charge >= 0.3 is 0 Å². The topological polar surface area (TPSA) is 57.6 Å². The average molecular weight is 342 g/mol. The minimum atomic E-state index is 0.155. The van der Waals surface area contributed by atoms with Crippen LogP contribution in [0.25, 0.3) is 22.2 Å². The summed E-state index contributed by atoms with van der Waals surface area (Å²) in [4.78, 5) is 7.98. The first-order valence-electron chi connectivity index (χ1n) is 8.33. The first-order chi connectivity index (χ1) is 12.8. The number of fused-ring (bicyclic) bond motifs is 1. The van der Waals surface area contributed by atoms with Gasteiger partial charge in [-0.15, -0.1) is 0 Å². The molecule has 1 aromatic heterocycles. The van der Waals surface area contributed by atoms with Crippen molar-refractivity contribution >= 4 is 22.8 Å². The summed E-state index contributed by atoms with van der Waals surface area (Å²) in [6, 6.07) is 23.1. The number of aromatic amines is 1. The first kappa shape index (κ1) is 16.0. The number of aromatic hydroxyl groups is 1. The minimum absolute atomic E-state index is 0.155. The Kier molecular flexibility index (Phi) is 4.15. The fraction of sp³-hybridized carbons (Fsp3) is 0.0455. The van der Waals surface area contributed by atoms with Gasteiger partial charge in [0.15, 0.2) is 0 Å². The number of nitrogens with zero attached hydrogens (tertiary/aromatic N) is 1. The third-order valence-electron chi connectivity index (χ3n) is 4.32. The number of benzene rings is 3. The van der Waals surface area contributed by atoms with Crippen LogP contribution < -0.4 is 4.74 Å². The molecular formula is C22H18N2O2. The van der Waals surface area contributed by atoms with Crippen molar-refractivity contribution in [1.82, 2.24) is 4.98 Å². The van der Waals surface area contributed by atoms with Crippen LogP contribution in [0.5, 0.6) is 11.5 Å². The molecule has 4 rings (SSSR count). The highest BCUT2D eigenvalue weighted by Crippen LogP contribution is 2.32. The molecule has 0 aliphatic rings. The van der Waals surface area contributed by atoms with E-state index in [4.69, 9.17) is 4.74 Å². The van der Waals surface area contributed by atoms with E-state index in [0.717, 1.165) is 33.5 Å². The van der Waals surface area contributed by atoms with Crippen molar-refractivity contribution in [2.45, 2.75) is 0 Å². The van der Waals surface area contributed by atoms with Crippen LogP contribution in [0.15, 0.2) is 77.8 Å². The molecule has 0 saturated heterocycles. The predicted molar refractivity (Wildman–Crippen MR) is 106 cm³/mol. The van der Waals surface area contributed by atoms with Gasteiger partial charge < -0.3 is 14.8 Å². The van der Waals surface area contributed by atoms with E-state index in [-0.39, 0.29) is 5.75 Å². The number of ether oxygens (including phenoxy) is 1. The molecule has 0 spiro atoms. The number of hydrogen-bond donors (Lipinski definition) is 2. The summed E-state index contributed by atoms with van der Waals surface area (Å²) in [5.74, 6) is 0.941. The molecular weight excluding hydrogens is 324 g/mol.